The Hall–Kier alpha value is -0.810. The molecular weight excluding hydrogens is 268 g/mol. The predicted octanol–water partition coefficient (Wildman–Crippen LogP) is 3.52. The largest absolute Gasteiger partial charge is 0.435 e. The number of alkyl halides is 2. The van der Waals surface area contributed by atoms with Crippen LogP contribution in [-0.4, -0.2) is 24.7 Å². The fourth-order valence-corrected chi connectivity index (χ4v) is 3.36. The van der Waals surface area contributed by atoms with Gasteiger partial charge < -0.3 is 10.1 Å². The second-order valence-corrected chi connectivity index (χ2v) is 5.93. The summed E-state index contributed by atoms with van der Waals surface area (Å²) in [6, 6.07) is 6.81. The molecule has 0 saturated carbocycles. The Morgan fingerprint density at radius 2 is 1.89 bits per heavy atom. The molecule has 106 valence electrons. The molecular formula is C14H19F2NOS. The van der Waals surface area contributed by atoms with E-state index < -0.39 is 6.61 Å². The Bertz CT molecular complexity index is 366. The lowest BCUT2D eigenvalue weighted by Crippen LogP contribution is -2.25. The third kappa shape index (κ3) is 5.37. The molecule has 1 heterocycles. The summed E-state index contributed by atoms with van der Waals surface area (Å²) in [6.07, 6.45) is 2.58. The summed E-state index contributed by atoms with van der Waals surface area (Å²) in [6.45, 7) is -0.942. The summed E-state index contributed by atoms with van der Waals surface area (Å²) in [4.78, 5) is 0. The van der Waals surface area contributed by atoms with Crippen LogP contribution in [0.4, 0.5) is 8.78 Å². The van der Waals surface area contributed by atoms with Gasteiger partial charge in [-0.2, -0.15) is 20.5 Å². The average molecular weight is 287 g/mol. The molecule has 0 atom stereocenters. The molecule has 0 spiro atoms. The van der Waals surface area contributed by atoms with Crippen molar-refractivity contribution in [1.29, 1.82) is 0 Å². The van der Waals surface area contributed by atoms with Gasteiger partial charge in [0.2, 0.25) is 0 Å². The van der Waals surface area contributed by atoms with E-state index in [2.05, 4.69) is 10.1 Å². The number of ether oxygens (including phenoxy) is 1. The number of nitrogens with one attached hydrogen (secondary N) is 1. The topological polar surface area (TPSA) is 21.3 Å². The van der Waals surface area contributed by atoms with Gasteiger partial charge in [-0.15, -0.1) is 0 Å². The van der Waals surface area contributed by atoms with E-state index in [-0.39, 0.29) is 5.75 Å². The molecule has 1 N–H and O–H groups in total. The first kappa shape index (κ1) is 14.6. The summed E-state index contributed by atoms with van der Waals surface area (Å²) in [5.74, 6) is 3.53. The van der Waals surface area contributed by atoms with Gasteiger partial charge in [-0.3, -0.25) is 0 Å². The highest BCUT2D eigenvalue weighted by atomic mass is 32.2. The van der Waals surface area contributed by atoms with Crippen LogP contribution in [0.5, 0.6) is 5.75 Å². The average Bonchev–Trinajstić information content (AvgIpc) is 2.41. The number of halogens is 2. The minimum atomic E-state index is -2.76. The first-order chi connectivity index (χ1) is 9.24. The van der Waals surface area contributed by atoms with Gasteiger partial charge in [-0.25, -0.2) is 0 Å². The Labute approximate surface area is 116 Å². The fourth-order valence-electron chi connectivity index (χ4n) is 2.16. The van der Waals surface area contributed by atoms with Crippen molar-refractivity contribution in [2.24, 2.45) is 5.92 Å². The Morgan fingerprint density at radius 3 is 2.53 bits per heavy atom. The van der Waals surface area contributed by atoms with Gasteiger partial charge in [0, 0.05) is 6.54 Å². The van der Waals surface area contributed by atoms with Crippen LogP contribution in [0.3, 0.4) is 0 Å². The Balaban J connectivity index is 1.70. The molecule has 19 heavy (non-hydrogen) atoms. The third-order valence-electron chi connectivity index (χ3n) is 3.25. The molecule has 5 heteroatoms. The van der Waals surface area contributed by atoms with Crippen LogP contribution < -0.4 is 10.1 Å². The first-order valence-electron chi connectivity index (χ1n) is 6.56. The number of rotatable bonds is 6. The van der Waals surface area contributed by atoms with Gasteiger partial charge in [0.25, 0.3) is 0 Å². The van der Waals surface area contributed by atoms with E-state index in [9.17, 15) is 8.78 Å². The lowest BCUT2D eigenvalue weighted by atomic mass is 10.0. The van der Waals surface area contributed by atoms with Gasteiger partial charge in [0.05, 0.1) is 0 Å². The van der Waals surface area contributed by atoms with Gasteiger partial charge in [-0.1, -0.05) is 12.1 Å². The third-order valence-corrected chi connectivity index (χ3v) is 4.30. The molecule has 2 rings (SSSR count). The molecule has 1 aliphatic rings. The molecule has 0 amide bonds. The summed E-state index contributed by atoms with van der Waals surface area (Å²) in [5, 5.41) is 3.43. The lowest BCUT2D eigenvalue weighted by molar-refractivity contribution is -0.0498. The van der Waals surface area contributed by atoms with Crippen LogP contribution >= 0.6 is 11.8 Å². The van der Waals surface area contributed by atoms with E-state index in [0.717, 1.165) is 24.6 Å². The van der Waals surface area contributed by atoms with Gasteiger partial charge in [-0.05, 0) is 54.5 Å². The predicted molar refractivity (Wildman–Crippen MR) is 74.8 cm³/mol. The van der Waals surface area contributed by atoms with E-state index in [1.807, 2.05) is 23.9 Å². The van der Waals surface area contributed by atoms with E-state index in [0.29, 0.717) is 0 Å². The van der Waals surface area contributed by atoms with Crippen molar-refractivity contribution >= 4 is 11.8 Å². The number of thioether (sulfide) groups is 1. The Kier molecular flexibility index (Phi) is 5.92. The monoisotopic (exact) mass is 287 g/mol. The minimum Gasteiger partial charge on any atom is -0.435 e. The first-order valence-corrected chi connectivity index (χ1v) is 7.72. The van der Waals surface area contributed by atoms with Crippen molar-refractivity contribution in [2.45, 2.75) is 26.0 Å². The normalized spacial score (nSPS) is 16.8. The van der Waals surface area contributed by atoms with Crippen molar-refractivity contribution in [3.63, 3.8) is 0 Å². The number of hydrogen-bond acceptors (Lipinski definition) is 3. The standard InChI is InChI=1S/C14H19F2NOS/c15-14(16)18-13-3-1-11(2-4-13)9-17-10-12-5-7-19-8-6-12/h1-4,12,14,17H,5-10H2. The second-order valence-electron chi connectivity index (χ2n) is 4.71. The molecule has 1 aromatic rings. The molecule has 1 aromatic carbocycles. The molecule has 0 radical (unpaired) electrons. The van der Waals surface area contributed by atoms with Crippen LogP contribution in [0.25, 0.3) is 0 Å². The van der Waals surface area contributed by atoms with Gasteiger partial charge in [0.15, 0.2) is 0 Å². The number of benzene rings is 1. The highest BCUT2D eigenvalue weighted by Crippen LogP contribution is 2.22. The lowest BCUT2D eigenvalue weighted by Gasteiger charge is -2.21. The maximum atomic E-state index is 12.0. The van der Waals surface area contributed by atoms with E-state index in [1.54, 1.807) is 12.1 Å². The van der Waals surface area contributed by atoms with Crippen molar-refractivity contribution in [1.82, 2.24) is 5.32 Å². The SMILES string of the molecule is FC(F)Oc1ccc(CNCC2CCSCC2)cc1. The summed E-state index contributed by atoms with van der Waals surface area (Å²) in [5.41, 5.74) is 1.09. The van der Waals surface area contributed by atoms with E-state index >= 15 is 0 Å². The van der Waals surface area contributed by atoms with Crippen LogP contribution in [0.15, 0.2) is 24.3 Å². The van der Waals surface area contributed by atoms with E-state index in [4.69, 9.17) is 0 Å². The zero-order valence-corrected chi connectivity index (χ0v) is 11.6. The quantitative estimate of drug-likeness (QED) is 0.865. The summed E-state index contributed by atoms with van der Waals surface area (Å²) >= 11 is 2.03. The van der Waals surface area contributed by atoms with Crippen LogP contribution in [0.1, 0.15) is 18.4 Å². The van der Waals surface area contributed by atoms with Crippen molar-refractivity contribution < 1.29 is 13.5 Å². The molecule has 0 aromatic heterocycles. The number of hydrogen-bond donors (Lipinski definition) is 1. The fraction of sp³-hybridized carbons (Fsp3) is 0.571. The molecule has 2 nitrogen and oxygen atoms in total. The molecule has 0 bridgehead atoms. The molecule has 1 saturated heterocycles. The zero-order chi connectivity index (χ0) is 13.5. The van der Waals surface area contributed by atoms with Gasteiger partial charge >= 0.3 is 6.61 Å². The maximum absolute atomic E-state index is 12.0. The summed E-state index contributed by atoms with van der Waals surface area (Å²) < 4.78 is 28.3. The van der Waals surface area contributed by atoms with Crippen LogP contribution in [0, 0.1) is 5.92 Å². The summed E-state index contributed by atoms with van der Waals surface area (Å²) in [7, 11) is 0. The molecule has 0 aliphatic carbocycles. The molecule has 1 fully saturated rings. The van der Waals surface area contributed by atoms with Gasteiger partial charge in [0.1, 0.15) is 5.75 Å². The van der Waals surface area contributed by atoms with Crippen LogP contribution in [0.2, 0.25) is 0 Å². The highest BCUT2D eigenvalue weighted by Gasteiger charge is 2.12. The van der Waals surface area contributed by atoms with E-state index in [1.165, 1.54) is 24.3 Å². The minimum absolute atomic E-state index is 0.211. The zero-order valence-electron chi connectivity index (χ0n) is 10.8. The maximum Gasteiger partial charge on any atom is 0.387 e. The van der Waals surface area contributed by atoms with Crippen molar-refractivity contribution in [2.75, 3.05) is 18.1 Å². The smallest absolute Gasteiger partial charge is 0.387 e. The second kappa shape index (κ2) is 7.70. The van der Waals surface area contributed by atoms with Crippen molar-refractivity contribution in [3.8, 4) is 5.75 Å². The highest BCUT2D eigenvalue weighted by molar-refractivity contribution is 7.99. The Morgan fingerprint density at radius 1 is 1.21 bits per heavy atom. The molecule has 0 unspecified atom stereocenters. The molecule has 1 aliphatic heterocycles. The van der Waals surface area contributed by atoms with Crippen LogP contribution in [-0.2, 0) is 6.54 Å². The van der Waals surface area contributed by atoms with Crippen molar-refractivity contribution in [3.05, 3.63) is 29.8 Å².